The highest BCUT2D eigenvalue weighted by atomic mass is 35.5. The predicted octanol–water partition coefficient (Wildman–Crippen LogP) is 1.06. The van der Waals surface area contributed by atoms with Crippen LogP contribution in [0.1, 0.15) is 32.1 Å². The fraction of sp³-hybridized carbons (Fsp3) is 1.00. The van der Waals surface area contributed by atoms with Gasteiger partial charge in [-0.15, -0.1) is 12.4 Å². The molecule has 0 radical (unpaired) electrons. The average Bonchev–Trinajstić information content (AvgIpc) is 2.50. The Labute approximate surface area is 68.2 Å². The molecule has 3 heteroatoms. The Bertz CT molecular complexity index is 93.6. The van der Waals surface area contributed by atoms with Gasteiger partial charge in [-0.3, -0.25) is 0 Å². The van der Waals surface area contributed by atoms with Crippen LogP contribution < -0.4 is 5.73 Å². The average molecular weight is 166 g/mol. The van der Waals surface area contributed by atoms with Crippen LogP contribution in [0.3, 0.4) is 0 Å². The van der Waals surface area contributed by atoms with Gasteiger partial charge >= 0.3 is 0 Å². The molecule has 0 aromatic rings. The maximum absolute atomic E-state index is 8.44. The fourth-order valence-electron chi connectivity index (χ4n) is 0.999. The number of hydrogen-bond acceptors (Lipinski definition) is 2. The lowest BCUT2D eigenvalue weighted by Gasteiger charge is -2.05. The van der Waals surface area contributed by atoms with Crippen molar-refractivity contribution in [2.24, 2.45) is 5.73 Å². The smallest absolute Gasteiger partial charge is 0.0431 e. The van der Waals surface area contributed by atoms with E-state index in [2.05, 4.69) is 0 Å². The summed E-state index contributed by atoms with van der Waals surface area (Å²) < 4.78 is 0. The molecule has 3 N–H and O–H groups in total. The zero-order chi connectivity index (χ0) is 6.74. The van der Waals surface area contributed by atoms with E-state index in [-0.39, 0.29) is 17.9 Å². The molecule has 0 atom stereocenters. The van der Waals surface area contributed by atoms with E-state index in [1.165, 1.54) is 12.8 Å². The first-order valence-electron chi connectivity index (χ1n) is 3.67. The van der Waals surface area contributed by atoms with Gasteiger partial charge in [-0.1, -0.05) is 0 Å². The number of unbranched alkanes of at least 4 members (excludes halogenated alkanes) is 1. The van der Waals surface area contributed by atoms with Crippen molar-refractivity contribution in [2.75, 3.05) is 6.61 Å². The van der Waals surface area contributed by atoms with Crippen molar-refractivity contribution in [2.45, 2.75) is 37.6 Å². The number of nitrogens with two attached hydrogens (primary N) is 1. The molecule has 0 heterocycles. The minimum absolute atomic E-state index is 0. The molecule has 0 spiro atoms. The molecule has 1 fully saturated rings. The van der Waals surface area contributed by atoms with Gasteiger partial charge in [-0.05, 0) is 32.1 Å². The lowest BCUT2D eigenvalue weighted by molar-refractivity contribution is 0.280. The third kappa shape index (κ3) is 3.40. The summed E-state index contributed by atoms with van der Waals surface area (Å²) >= 11 is 0. The van der Waals surface area contributed by atoms with Crippen molar-refractivity contribution in [3.05, 3.63) is 0 Å². The van der Waals surface area contributed by atoms with E-state index in [1.54, 1.807) is 0 Å². The number of hydrogen-bond donors (Lipinski definition) is 2. The molecule has 0 aliphatic heterocycles. The highest BCUT2D eigenvalue weighted by molar-refractivity contribution is 5.85. The van der Waals surface area contributed by atoms with Gasteiger partial charge in [-0.2, -0.15) is 0 Å². The monoisotopic (exact) mass is 165 g/mol. The topological polar surface area (TPSA) is 46.2 Å². The van der Waals surface area contributed by atoms with Crippen molar-refractivity contribution < 1.29 is 5.11 Å². The van der Waals surface area contributed by atoms with Crippen LogP contribution in [0.15, 0.2) is 0 Å². The molecule has 1 rings (SSSR count). The molecule has 62 valence electrons. The minimum Gasteiger partial charge on any atom is -0.396 e. The molecule has 0 saturated heterocycles. The molecule has 0 aromatic carbocycles. The predicted molar refractivity (Wildman–Crippen MR) is 44.3 cm³/mol. The lowest BCUT2D eigenvalue weighted by Crippen LogP contribution is -2.21. The first kappa shape index (κ1) is 10.2. The minimum atomic E-state index is 0. The van der Waals surface area contributed by atoms with E-state index in [1.807, 2.05) is 0 Å². The van der Waals surface area contributed by atoms with Crippen molar-refractivity contribution in [3.63, 3.8) is 0 Å². The zero-order valence-corrected chi connectivity index (χ0v) is 6.99. The maximum Gasteiger partial charge on any atom is 0.0431 e. The molecular weight excluding hydrogens is 150 g/mol. The summed E-state index contributed by atoms with van der Waals surface area (Å²) in [5.74, 6) is 0. The van der Waals surface area contributed by atoms with E-state index in [0.717, 1.165) is 19.3 Å². The fourth-order valence-corrected chi connectivity index (χ4v) is 0.999. The van der Waals surface area contributed by atoms with Gasteiger partial charge < -0.3 is 10.8 Å². The molecule has 0 aromatic heterocycles. The Morgan fingerprint density at radius 2 is 1.90 bits per heavy atom. The van der Waals surface area contributed by atoms with Gasteiger partial charge in [0.1, 0.15) is 0 Å². The Morgan fingerprint density at radius 3 is 2.30 bits per heavy atom. The molecule has 1 aliphatic carbocycles. The summed E-state index contributed by atoms with van der Waals surface area (Å²) in [4.78, 5) is 0. The van der Waals surface area contributed by atoms with Crippen molar-refractivity contribution in [1.29, 1.82) is 0 Å². The van der Waals surface area contributed by atoms with Gasteiger partial charge in [0.2, 0.25) is 0 Å². The third-order valence-electron chi connectivity index (χ3n) is 1.98. The van der Waals surface area contributed by atoms with Crippen LogP contribution in [0, 0.1) is 0 Å². The number of aliphatic hydroxyl groups excluding tert-OH is 1. The summed E-state index contributed by atoms with van der Waals surface area (Å²) in [5.41, 5.74) is 6.00. The Balaban J connectivity index is 0.000000810. The standard InChI is InChI=1S/C7H15NO.ClH/c8-7(4-5-7)3-1-2-6-9;/h9H,1-6,8H2;1H. The molecule has 0 bridgehead atoms. The highest BCUT2D eigenvalue weighted by Crippen LogP contribution is 2.36. The largest absolute Gasteiger partial charge is 0.396 e. The van der Waals surface area contributed by atoms with Gasteiger partial charge in [0, 0.05) is 12.1 Å². The van der Waals surface area contributed by atoms with Crippen molar-refractivity contribution in [1.82, 2.24) is 0 Å². The first-order chi connectivity index (χ1) is 4.27. The zero-order valence-electron chi connectivity index (χ0n) is 6.18. The second kappa shape index (κ2) is 4.16. The van der Waals surface area contributed by atoms with Crippen molar-refractivity contribution >= 4 is 12.4 Å². The lowest BCUT2D eigenvalue weighted by atomic mass is 10.1. The summed E-state index contributed by atoms with van der Waals surface area (Å²) in [6.07, 6.45) is 5.50. The molecular formula is C7H16ClNO. The number of rotatable bonds is 4. The maximum atomic E-state index is 8.44. The Kier molecular flexibility index (Phi) is 4.25. The SMILES string of the molecule is Cl.NC1(CCCCO)CC1. The Morgan fingerprint density at radius 1 is 1.30 bits per heavy atom. The second-order valence-electron chi connectivity index (χ2n) is 3.04. The quantitative estimate of drug-likeness (QED) is 0.612. The molecule has 1 aliphatic rings. The summed E-state index contributed by atoms with van der Waals surface area (Å²) in [6.45, 7) is 0.316. The van der Waals surface area contributed by atoms with E-state index >= 15 is 0 Å². The van der Waals surface area contributed by atoms with Gasteiger partial charge in [0.05, 0.1) is 0 Å². The summed E-state index contributed by atoms with van der Waals surface area (Å²) in [7, 11) is 0. The van der Waals surface area contributed by atoms with E-state index < -0.39 is 0 Å². The first-order valence-corrected chi connectivity index (χ1v) is 3.67. The highest BCUT2D eigenvalue weighted by Gasteiger charge is 2.36. The van der Waals surface area contributed by atoms with Gasteiger partial charge in [0.15, 0.2) is 0 Å². The third-order valence-corrected chi connectivity index (χ3v) is 1.98. The number of aliphatic hydroxyl groups is 1. The van der Waals surface area contributed by atoms with E-state index in [9.17, 15) is 0 Å². The molecule has 10 heavy (non-hydrogen) atoms. The van der Waals surface area contributed by atoms with Crippen LogP contribution in [-0.2, 0) is 0 Å². The van der Waals surface area contributed by atoms with E-state index in [0.29, 0.717) is 6.61 Å². The normalized spacial score (nSPS) is 19.8. The number of halogens is 1. The van der Waals surface area contributed by atoms with Crippen LogP contribution >= 0.6 is 12.4 Å². The summed E-state index contributed by atoms with van der Waals surface area (Å²) in [6, 6.07) is 0. The van der Waals surface area contributed by atoms with Crippen LogP contribution in [0.5, 0.6) is 0 Å². The van der Waals surface area contributed by atoms with Crippen LogP contribution in [0.4, 0.5) is 0 Å². The van der Waals surface area contributed by atoms with Crippen molar-refractivity contribution in [3.8, 4) is 0 Å². The Hall–Kier alpha value is 0.210. The van der Waals surface area contributed by atoms with Crippen LogP contribution in [0.25, 0.3) is 0 Å². The molecule has 2 nitrogen and oxygen atoms in total. The summed E-state index contributed by atoms with van der Waals surface area (Å²) in [5, 5.41) is 8.44. The second-order valence-corrected chi connectivity index (χ2v) is 3.04. The molecule has 1 saturated carbocycles. The van der Waals surface area contributed by atoms with E-state index in [4.69, 9.17) is 10.8 Å². The van der Waals surface area contributed by atoms with Crippen LogP contribution in [-0.4, -0.2) is 17.3 Å². The molecule has 0 unspecified atom stereocenters. The van der Waals surface area contributed by atoms with Gasteiger partial charge in [-0.25, -0.2) is 0 Å². The van der Waals surface area contributed by atoms with Gasteiger partial charge in [0.25, 0.3) is 0 Å². The molecule has 0 amide bonds. The van der Waals surface area contributed by atoms with Crippen LogP contribution in [0.2, 0.25) is 0 Å².